The molecule has 0 aliphatic heterocycles. The molecule has 0 atom stereocenters. The van der Waals surface area contributed by atoms with Crippen molar-refractivity contribution >= 4 is 7.82 Å². The number of hydrogen-bond donors (Lipinski definition) is 2. The van der Waals surface area contributed by atoms with Gasteiger partial charge in [-0.1, -0.05) is 0 Å². The van der Waals surface area contributed by atoms with E-state index in [0.717, 1.165) is 19.3 Å². The maximum absolute atomic E-state index is 10.0. The third-order valence-electron chi connectivity index (χ3n) is 1.33. The highest BCUT2D eigenvalue weighted by molar-refractivity contribution is 7.46. The lowest BCUT2D eigenvalue weighted by Crippen LogP contribution is -2.20. The molecule has 0 heterocycles. The van der Waals surface area contributed by atoms with Crippen LogP contribution in [0.4, 0.5) is 0 Å². The molecule has 6 heteroatoms. The molecule has 0 saturated heterocycles. The minimum Gasteiger partial charge on any atom is -0.301 e. The van der Waals surface area contributed by atoms with E-state index in [1.54, 1.807) is 0 Å². The Morgan fingerprint density at radius 2 is 2.00 bits per heavy atom. The first kappa shape index (κ1) is 8.17. The summed E-state index contributed by atoms with van der Waals surface area (Å²) in [7, 11) is -4.42. The minimum absolute atomic E-state index is 0.118. The molecule has 0 amide bonds. The Bertz CT molecular complexity index is 148. The summed E-state index contributed by atoms with van der Waals surface area (Å²) >= 11 is 0. The van der Waals surface area contributed by atoms with Crippen LogP contribution in [-0.2, 0) is 14.1 Å². The molecule has 1 aliphatic rings. The molecule has 0 spiro atoms. The second-order valence-electron chi connectivity index (χ2n) is 2.21. The van der Waals surface area contributed by atoms with Gasteiger partial charge in [-0.05, 0) is 19.3 Å². The fourth-order valence-electron chi connectivity index (χ4n) is 0.584. The number of phosphoric acid groups is 1. The van der Waals surface area contributed by atoms with E-state index < -0.39 is 7.82 Å². The van der Waals surface area contributed by atoms with E-state index in [1.165, 1.54) is 0 Å². The average molecular weight is 168 g/mol. The van der Waals surface area contributed by atoms with Crippen LogP contribution >= 0.6 is 7.82 Å². The fraction of sp³-hybridized carbons (Fsp3) is 1.00. The number of hydrogen-bond acceptors (Lipinski definition) is 3. The van der Waals surface area contributed by atoms with E-state index in [1.807, 2.05) is 0 Å². The van der Waals surface area contributed by atoms with Crippen LogP contribution in [0.2, 0.25) is 0 Å². The van der Waals surface area contributed by atoms with Gasteiger partial charge in [0, 0.05) is 0 Å². The van der Waals surface area contributed by atoms with Crippen molar-refractivity contribution < 1.29 is 23.9 Å². The molecule has 0 unspecified atom stereocenters. The van der Waals surface area contributed by atoms with Gasteiger partial charge in [0.25, 0.3) is 0 Å². The average Bonchev–Trinajstić information content (AvgIpc) is 1.56. The van der Waals surface area contributed by atoms with Gasteiger partial charge in [0.05, 0.1) is 6.10 Å². The molecule has 2 N–H and O–H groups in total. The first-order chi connectivity index (χ1) is 4.58. The van der Waals surface area contributed by atoms with Gasteiger partial charge in [-0.25, -0.2) is 9.45 Å². The quantitative estimate of drug-likeness (QED) is 0.366. The summed E-state index contributed by atoms with van der Waals surface area (Å²) in [6, 6.07) is 0. The Labute approximate surface area is 58.1 Å². The van der Waals surface area contributed by atoms with Crippen LogP contribution in [0.1, 0.15) is 19.3 Å². The summed E-state index contributed by atoms with van der Waals surface area (Å²) in [5, 5.41) is 0. The lowest BCUT2D eigenvalue weighted by Gasteiger charge is -2.23. The highest BCUT2D eigenvalue weighted by Gasteiger charge is 2.24. The zero-order valence-corrected chi connectivity index (χ0v) is 6.16. The Morgan fingerprint density at radius 3 is 2.30 bits per heavy atom. The van der Waals surface area contributed by atoms with Crippen LogP contribution in [0, 0.1) is 0 Å². The van der Waals surface area contributed by atoms with Crippen LogP contribution in [0.5, 0.6) is 0 Å². The summed E-state index contributed by atoms with van der Waals surface area (Å²) in [4.78, 5) is 20.7. The molecule has 5 nitrogen and oxygen atoms in total. The summed E-state index contributed by atoms with van der Waals surface area (Å²) in [6.45, 7) is 0. The largest absolute Gasteiger partial charge is 0.496 e. The summed E-state index contributed by atoms with van der Waals surface area (Å²) < 4.78 is 13.8. The molecule has 0 radical (unpaired) electrons. The van der Waals surface area contributed by atoms with Gasteiger partial charge in [-0.3, -0.25) is 0 Å². The monoisotopic (exact) mass is 168 g/mol. The van der Waals surface area contributed by atoms with Gasteiger partial charge in [-0.15, -0.1) is 4.67 Å². The Balaban J connectivity index is 2.10. The molecule has 1 rings (SSSR count). The van der Waals surface area contributed by atoms with Crippen molar-refractivity contribution in [3.8, 4) is 0 Å². The van der Waals surface area contributed by atoms with Gasteiger partial charge in [0.1, 0.15) is 0 Å². The SMILES string of the molecule is O=P(O)(O)OOC1CCC1. The summed E-state index contributed by atoms with van der Waals surface area (Å²) in [5.41, 5.74) is 0. The zero-order valence-electron chi connectivity index (χ0n) is 5.27. The van der Waals surface area contributed by atoms with E-state index in [-0.39, 0.29) is 6.10 Å². The van der Waals surface area contributed by atoms with Gasteiger partial charge in [0.15, 0.2) is 0 Å². The first-order valence-electron chi connectivity index (χ1n) is 2.98. The standard InChI is InChI=1S/C4H9O5P/c5-10(6,7)9-8-4-2-1-3-4/h4H,1-3H2,(H2,5,6,7). The minimum atomic E-state index is -4.42. The van der Waals surface area contributed by atoms with Gasteiger partial charge >= 0.3 is 7.82 Å². The summed E-state index contributed by atoms with van der Waals surface area (Å²) in [5.74, 6) is 0. The molecule has 0 aromatic rings. The molecular formula is C4H9O5P. The fourth-order valence-corrected chi connectivity index (χ4v) is 0.818. The lowest BCUT2D eigenvalue weighted by atomic mass is 9.97. The van der Waals surface area contributed by atoms with Crippen molar-refractivity contribution in [1.29, 1.82) is 0 Å². The van der Waals surface area contributed by atoms with Crippen molar-refractivity contribution in [2.45, 2.75) is 25.4 Å². The van der Waals surface area contributed by atoms with Crippen molar-refractivity contribution in [3.63, 3.8) is 0 Å². The van der Waals surface area contributed by atoms with Crippen molar-refractivity contribution in [2.75, 3.05) is 0 Å². The second-order valence-corrected chi connectivity index (χ2v) is 3.34. The molecule has 1 aliphatic carbocycles. The maximum Gasteiger partial charge on any atom is 0.496 e. The molecule has 1 saturated carbocycles. The highest BCUT2D eigenvalue weighted by Crippen LogP contribution is 2.38. The molecule has 0 bridgehead atoms. The van der Waals surface area contributed by atoms with Gasteiger partial charge in [0.2, 0.25) is 0 Å². The first-order valence-corrected chi connectivity index (χ1v) is 4.51. The second kappa shape index (κ2) is 2.98. The Morgan fingerprint density at radius 1 is 1.40 bits per heavy atom. The van der Waals surface area contributed by atoms with E-state index in [0.29, 0.717) is 0 Å². The maximum atomic E-state index is 10.0. The topological polar surface area (TPSA) is 76.0 Å². The summed E-state index contributed by atoms with van der Waals surface area (Å²) in [6.07, 6.45) is 2.56. The predicted octanol–water partition coefficient (Wildman–Crippen LogP) is 0.580. The molecule has 0 aromatic carbocycles. The van der Waals surface area contributed by atoms with Crippen LogP contribution in [0.25, 0.3) is 0 Å². The van der Waals surface area contributed by atoms with Crippen molar-refractivity contribution in [3.05, 3.63) is 0 Å². The predicted molar refractivity (Wildman–Crippen MR) is 31.9 cm³/mol. The zero-order chi connectivity index (χ0) is 7.61. The van der Waals surface area contributed by atoms with E-state index in [9.17, 15) is 4.57 Å². The van der Waals surface area contributed by atoms with Crippen LogP contribution in [-0.4, -0.2) is 15.9 Å². The Hall–Kier alpha value is 0.0700. The molecule has 10 heavy (non-hydrogen) atoms. The van der Waals surface area contributed by atoms with Crippen molar-refractivity contribution in [2.24, 2.45) is 0 Å². The van der Waals surface area contributed by atoms with E-state index in [4.69, 9.17) is 9.79 Å². The molecular weight excluding hydrogens is 159 g/mol. The van der Waals surface area contributed by atoms with Gasteiger partial charge < -0.3 is 9.79 Å². The lowest BCUT2D eigenvalue weighted by molar-refractivity contribution is -0.273. The van der Waals surface area contributed by atoms with Gasteiger partial charge in [-0.2, -0.15) is 0 Å². The third kappa shape index (κ3) is 2.77. The molecule has 60 valence electrons. The van der Waals surface area contributed by atoms with Crippen LogP contribution in [0.15, 0.2) is 0 Å². The molecule has 0 aromatic heterocycles. The van der Waals surface area contributed by atoms with E-state index in [2.05, 4.69) is 9.56 Å². The van der Waals surface area contributed by atoms with Crippen LogP contribution in [0.3, 0.4) is 0 Å². The highest BCUT2D eigenvalue weighted by atomic mass is 31.2. The number of rotatable bonds is 3. The molecule has 1 fully saturated rings. The normalized spacial score (nSPS) is 20.6. The smallest absolute Gasteiger partial charge is 0.301 e. The van der Waals surface area contributed by atoms with E-state index >= 15 is 0 Å². The van der Waals surface area contributed by atoms with Crippen LogP contribution < -0.4 is 0 Å². The Kier molecular flexibility index (Phi) is 2.44. The van der Waals surface area contributed by atoms with Crippen molar-refractivity contribution in [1.82, 2.24) is 0 Å². The third-order valence-corrected chi connectivity index (χ3v) is 1.61.